The smallest absolute Gasteiger partial charge is 0.192 e. The van der Waals surface area contributed by atoms with E-state index in [1.807, 2.05) is 6.92 Å². The van der Waals surface area contributed by atoms with Crippen molar-refractivity contribution < 1.29 is 17.6 Å². The van der Waals surface area contributed by atoms with Gasteiger partial charge in [-0.15, -0.1) is 6.58 Å². The van der Waals surface area contributed by atoms with Crippen LogP contribution in [0.3, 0.4) is 0 Å². The molecule has 2 atom stereocenters. The minimum Gasteiger partial charge on any atom is -0.292 e. The molecule has 0 heterocycles. The van der Waals surface area contributed by atoms with E-state index in [4.69, 9.17) is 0 Å². The van der Waals surface area contributed by atoms with E-state index in [0.717, 1.165) is 17.7 Å². The lowest BCUT2D eigenvalue weighted by Gasteiger charge is -2.17. The van der Waals surface area contributed by atoms with Crippen molar-refractivity contribution in [3.8, 4) is 0 Å². The summed E-state index contributed by atoms with van der Waals surface area (Å²) in [6.45, 7) is 5.51. The number of carbonyl (C=O) groups excluding carboxylic acids is 1. The van der Waals surface area contributed by atoms with Crippen molar-refractivity contribution in [3.05, 3.63) is 78.1 Å². The van der Waals surface area contributed by atoms with Gasteiger partial charge in [-0.25, -0.2) is 12.8 Å². The molecule has 2 aromatic rings. The summed E-state index contributed by atoms with van der Waals surface area (Å²) in [7, 11) is -3.88. The number of carbonyl (C=O) groups is 1. The van der Waals surface area contributed by atoms with Crippen molar-refractivity contribution in [1.82, 2.24) is 0 Å². The van der Waals surface area contributed by atoms with Gasteiger partial charge in [-0.3, -0.25) is 4.79 Å². The Morgan fingerprint density at radius 3 is 2.25 bits per heavy atom. The van der Waals surface area contributed by atoms with Crippen molar-refractivity contribution in [3.63, 3.8) is 0 Å². The predicted octanol–water partition coefficient (Wildman–Crippen LogP) is 3.74. The van der Waals surface area contributed by atoms with Crippen LogP contribution in [-0.2, 0) is 9.84 Å². The van der Waals surface area contributed by atoms with E-state index in [1.165, 1.54) is 30.3 Å². The second kappa shape index (κ2) is 5.67. The van der Waals surface area contributed by atoms with Crippen LogP contribution in [0.15, 0.2) is 66.1 Å². The van der Waals surface area contributed by atoms with Crippen molar-refractivity contribution in [1.29, 1.82) is 0 Å². The zero-order valence-electron chi connectivity index (χ0n) is 13.2. The van der Waals surface area contributed by atoms with Gasteiger partial charge in [-0.05, 0) is 49.7 Å². The van der Waals surface area contributed by atoms with E-state index in [0.29, 0.717) is 0 Å². The molecule has 0 aromatic heterocycles. The van der Waals surface area contributed by atoms with Gasteiger partial charge >= 0.3 is 0 Å². The van der Waals surface area contributed by atoms with Gasteiger partial charge in [0.1, 0.15) is 10.6 Å². The second-order valence-corrected chi connectivity index (χ2v) is 8.30. The van der Waals surface area contributed by atoms with E-state index >= 15 is 0 Å². The Balaban J connectivity index is 2.09. The van der Waals surface area contributed by atoms with Crippen molar-refractivity contribution in [2.75, 3.05) is 0 Å². The summed E-state index contributed by atoms with van der Waals surface area (Å²) in [4.78, 5) is 13.1. The zero-order valence-corrected chi connectivity index (χ0v) is 14.0. The fourth-order valence-electron chi connectivity index (χ4n) is 3.01. The minimum absolute atomic E-state index is 0.118. The van der Waals surface area contributed by atoms with E-state index in [2.05, 4.69) is 6.58 Å². The van der Waals surface area contributed by atoms with Crippen LogP contribution in [0.2, 0.25) is 0 Å². The Labute approximate surface area is 140 Å². The molecule has 0 spiro atoms. The molecule has 3 nitrogen and oxygen atoms in total. The van der Waals surface area contributed by atoms with Crippen molar-refractivity contribution in [2.24, 2.45) is 5.92 Å². The van der Waals surface area contributed by atoms with Gasteiger partial charge in [0, 0.05) is 11.5 Å². The maximum atomic E-state index is 13.1. The fourth-order valence-corrected chi connectivity index (χ4v) is 5.18. The molecule has 2 aromatic carbocycles. The highest BCUT2D eigenvalue weighted by Gasteiger charge is 2.67. The van der Waals surface area contributed by atoms with Gasteiger partial charge < -0.3 is 0 Å². The number of hydrogen-bond acceptors (Lipinski definition) is 3. The van der Waals surface area contributed by atoms with Crippen LogP contribution >= 0.6 is 0 Å². The molecule has 0 aliphatic heterocycles. The lowest BCUT2D eigenvalue weighted by molar-refractivity contribution is 0.0974. The first kappa shape index (κ1) is 16.6. The van der Waals surface area contributed by atoms with Crippen molar-refractivity contribution >= 4 is 15.6 Å². The molecule has 3 rings (SSSR count). The lowest BCUT2D eigenvalue weighted by Crippen LogP contribution is -2.35. The molecule has 124 valence electrons. The molecule has 0 N–H and O–H groups in total. The number of sulfone groups is 1. The average molecular weight is 344 g/mol. The molecule has 1 aliphatic rings. The predicted molar refractivity (Wildman–Crippen MR) is 90.1 cm³/mol. The van der Waals surface area contributed by atoms with E-state index in [1.54, 1.807) is 12.1 Å². The Morgan fingerprint density at radius 2 is 1.75 bits per heavy atom. The summed E-state index contributed by atoms with van der Waals surface area (Å²) in [6, 6.07) is 11.4. The minimum atomic E-state index is -3.88. The largest absolute Gasteiger partial charge is 0.292 e. The third-order valence-electron chi connectivity index (χ3n) is 4.55. The SMILES string of the molecule is C=CC1CC1(C(=O)c1ccc(F)cc1)S(=O)(=O)c1ccc(C)cc1. The van der Waals surface area contributed by atoms with Gasteiger partial charge in [0.2, 0.25) is 0 Å². The quantitative estimate of drug-likeness (QED) is 0.613. The van der Waals surface area contributed by atoms with Crippen LogP contribution in [0.1, 0.15) is 22.3 Å². The van der Waals surface area contributed by atoms with Crippen LogP contribution in [0.25, 0.3) is 0 Å². The maximum absolute atomic E-state index is 13.1. The summed E-state index contributed by atoms with van der Waals surface area (Å²) in [6.07, 6.45) is 1.70. The highest BCUT2D eigenvalue weighted by Crippen LogP contribution is 2.55. The van der Waals surface area contributed by atoms with E-state index in [9.17, 15) is 17.6 Å². The highest BCUT2D eigenvalue weighted by molar-refractivity contribution is 7.94. The number of Topliss-reactive ketones (excluding diaryl/α,β-unsaturated/α-hetero) is 1. The molecule has 0 saturated heterocycles. The zero-order chi connectivity index (χ0) is 17.5. The summed E-state index contributed by atoms with van der Waals surface area (Å²) < 4.78 is 37.8. The number of benzene rings is 2. The molecule has 1 aliphatic carbocycles. The van der Waals surface area contributed by atoms with Gasteiger partial charge in [0.25, 0.3) is 0 Å². The molecule has 0 bridgehead atoms. The van der Waals surface area contributed by atoms with Gasteiger partial charge in [0.15, 0.2) is 15.6 Å². The Morgan fingerprint density at radius 1 is 1.17 bits per heavy atom. The number of rotatable bonds is 5. The number of hydrogen-bond donors (Lipinski definition) is 0. The molecule has 24 heavy (non-hydrogen) atoms. The normalized spacial score (nSPS) is 22.8. The van der Waals surface area contributed by atoms with E-state index in [-0.39, 0.29) is 16.9 Å². The highest BCUT2D eigenvalue weighted by atomic mass is 32.2. The molecule has 1 fully saturated rings. The second-order valence-electron chi connectivity index (χ2n) is 6.09. The summed E-state index contributed by atoms with van der Waals surface area (Å²) in [5.74, 6) is -1.42. The first-order valence-corrected chi connectivity index (χ1v) is 9.05. The molecular formula is C19H17FO3S. The summed E-state index contributed by atoms with van der Waals surface area (Å²) >= 11 is 0. The molecule has 1 saturated carbocycles. The van der Waals surface area contributed by atoms with Gasteiger partial charge in [-0.1, -0.05) is 23.8 Å². The monoisotopic (exact) mass is 344 g/mol. The number of allylic oxidation sites excluding steroid dienone is 1. The van der Waals surface area contributed by atoms with Crippen LogP contribution in [0.4, 0.5) is 4.39 Å². The standard InChI is InChI=1S/C19H17FO3S/c1-3-15-12-19(15,18(21)14-6-8-16(20)9-7-14)24(22,23)17-10-4-13(2)5-11-17/h3-11,15H,1,12H2,2H3. The summed E-state index contributed by atoms with van der Waals surface area (Å²) in [5, 5.41) is 0. The number of ketones is 1. The summed E-state index contributed by atoms with van der Waals surface area (Å²) in [5.41, 5.74) is 1.13. The molecule has 2 unspecified atom stereocenters. The first-order chi connectivity index (χ1) is 11.3. The molecular weight excluding hydrogens is 327 g/mol. The molecule has 0 amide bonds. The molecule has 5 heteroatoms. The van der Waals surface area contributed by atoms with Gasteiger partial charge in [-0.2, -0.15) is 0 Å². The van der Waals surface area contributed by atoms with Crippen LogP contribution < -0.4 is 0 Å². The van der Waals surface area contributed by atoms with Gasteiger partial charge in [0.05, 0.1) is 4.90 Å². The van der Waals surface area contributed by atoms with Crippen molar-refractivity contribution in [2.45, 2.75) is 23.0 Å². The third-order valence-corrected chi connectivity index (χ3v) is 7.05. The maximum Gasteiger partial charge on any atom is 0.192 e. The van der Waals surface area contributed by atoms with E-state index < -0.39 is 32.1 Å². The Kier molecular flexibility index (Phi) is 3.92. The number of halogens is 1. The third kappa shape index (κ3) is 2.40. The average Bonchev–Trinajstić information content (AvgIpc) is 3.32. The Hall–Kier alpha value is -2.27. The Bertz CT molecular complexity index is 899. The van der Waals surface area contributed by atoms with Crippen LogP contribution in [-0.4, -0.2) is 18.9 Å². The molecule has 0 radical (unpaired) electrons. The number of aryl methyl sites for hydroxylation is 1. The van der Waals surface area contributed by atoms with Crippen LogP contribution in [0.5, 0.6) is 0 Å². The first-order valence-electron chi connectivity index (χ1n) is 7.57. The lowest BCUT2D eigenvalue weighted by atomic mass is 10.1. The van der Waals surface area contributed by atoms with Crippen LogP contribution in [0, 0.1) is 18.7 Å². The topological polar surface area (TPSA) is 51.2 Å². The fraction of sp³-hybridized carbons (Fsp3) is 0.211.